The molecule has 0 atom stereocenters. The van der Waals surface area contributed by atoms with E-state index >= 15 is 0 Å². The topological polar surface area (TPSA) is 44.1 Å². The first-order valence-electron chi connectivity index (χ1n) is 5.82. The first-order chi connectivity index (χ1) is 7.61. The van der Waals surface area contributed by atoms with Gasteiger partial charge < -0.3 is 4.74 Å². The molecule has 4 heteroatoms. The summed E-state index contributed by atoms with van der Waals surface area (Å²) in [7, 11) is 0. The van der Waals surface area contributed by atoms with Crippen molar-refractivity contribution >= 4 is 5.97 Å². The minimum absolute atomic E-state index is 0.285. The van der Waals surface area contributed by atoms with Crippen LogP contribution in [0, 0.1) is 13.8 Å². The Hall–Kier alpha value is -1.32. The van der Waals surface area contributed by atoms with Gasteiger partial charge in [-0.25, -0.2) is 4.79 Å². The summed E-state index contributed by atoms with van der Waals surface area (Å²) < 4.78 is 6.65. The molecule has 0 bridgehead atoms. The molecule has 0 spiro atoms. The maximum absolute atomic E-state index is 11.6. The van der Waals surface area contributed by atoms with E-state index in [4.69, 9.17) is 4.74 Å². The lowest BCUT2D eigenvalue weighted by Crippen LogP contribution is -2.13. The number of carbonyl (C=O) groups is 1. The molecule has 0 fully saturated rings. The normalized spacial score (nSPS) is 9.38. The number of carbonyl (C=O) groups excluding carboxylic acids is 1. The summed E-state index contributed by atoms with van der Waals surface area (Å²) in [6.45, 7) is 12.6. The molecule has 0 N–H and O–H groups in total. The lowest BCUT2D eigenvalue weighted by Gasteiger charge is -2.04. The van der Waals surface area contributed by atoms with Crippen LogP contribution < -0.4 is 0 Å². The zero-order chi connectivity index (χ0) is 12.7. The van der Waals surface area contributed by atoms with Crippen molar-refractivity contribution in [3.8, 4) is 0 Å². The van der Waals surface area contributed by atoms with E-state index in [2.05, 4.69) is 5.10 Å². The molecular formula is C12H22N2O2. The highest BCUT2D eigenvalue weighted by Gasteiger charge is 2.18. The number of aromatic nitrogens is 2. The first kappa shape index (κ1) is 14.7. The van der Waals surface area contributed by atoms with Crippen molar-refractivity contribution in [3.05, 3.63) is 17.0 Å². The van der Waals surface area contributed by atoms with Gasteiger partial charge in [0, 0.05) is 12.1 Å². The molecule has 1 aromatic rings. The Morgan fingerprint density at radius 2 is 1.88 bits per heavy atom. The van der Waals surface area contributed by atoms with Crippen LogP contribution in [0.15, 0.2) is 0 Å². The van der Waals surface area contributed by atoms with Crippen molar-refractivity contribution in [1.82, 2.24) is 9.78 Å². The Balaban J connectivity index is 0.00000106. The molecule has 0 unspecified atom stereocenters. The first-order valence-corrected chi connectivity index (χ1v) is 5.82. The molecule has 4 nitrogen and oxygen atoms in total. The summed E-state index contributed by atoms with van der Waals surface area (Å²) in [6, 6.07) is 0. The molecule has 0 saturated carbocycles. The van der Waals surface area contributed by atoms with Crippen molar-refractivity contribution in [3.63, 3.8) is 0 Å². The summed E-state index contributed by atoms with van der Waals surface area (Å²) >= 11 is 0. The third-order valence-corrected chi connectivity index (χ3v) is 2.20. The van der Waals surface area contributed by atoms with E-state index in [-0.39, 0.29) is 5.97 Å². The highest BCUT2D eigenvalue weighted by molar-refractivity contribution is 5.89. The molecule has 0 aromatic carbocycles. The van der Waals surface area contributed by atoms with Gasteiger partial charge in [0.1, 0.15) is 5.69 Å². The summed E-state index contributed by atoms with van der Waals surface area (Å²) in [4.78, 5) is 11.6. The third-order valence-electron chi connectivity index (χ3n) is 2.20. The number of hydrogen-bond donors (Lipinski definition) is 0. The van der Waals surface area contributed by atoms with Gasteiger partial charge in [-0.05, 0) is 27.7 Å². The fourth-order valence-electron chi connectivity index (χ4n) is 1.36. The van der Waals surface area contributed by atoms with Gasteiger partial charge in [-0.15, -0.1) is 0 Å². The zero-order valence-electron chi connectivity index (χ0n) is 11.1. The van der Waals surface area contributed by atoms with Crippen LogP contribution in [0.2, 0.25) is 0 Å². The predicted octanol–water partition coefficient (Wildman–Crippen LogP) is 2.72. The Morgan fingerprint density at radius 3 is 2.31 bits per heavy atom. The van der Waals surface area contributed by atoms with Crippen LogP contribution in [0.5, 0.6) is 0 Å². The van der Waals surface area contributed by atoms with E-state index in [0.717, 1.165) is 11.3 Å². The Kier molecular flexibility index (Phi) is 6.46. The second-order valence-corrected chi connectivity index (χ2v) is 3.10. The fourth-order valence-corrected chi connectivity index (χ4v) is 1.36. The molecule has 0 radical (unpaired) electrons. The van der Waals surface area contributed by atoms with Crippen LogP contribution in [0.4, 0.5) is 0 Å². The average molecular weight is 226 g/mol. The van der Waals surface area contributed by atoms with Crippen LogP contribution in [0.3, 0.4) is 0 Å². The van der Waals surface area contributed by atoms with Gasteiger partial charge in [-0.3, -0.25) is 4.68 Å². The quantitative estimate of drug-likeness (QED) is 0.744. The smallest absolute Gasteiger partial charge is 0.356 e. The Labute approximate surface area is 97.6 Å². The van der Waals surface area contributed by atoms with Gasteiger partial charge in [-0.1, -0.05) is 13.8 Å². The molecule has 0 amide bonds. The summed E-state index contributed by atoms with van der Waals surface area (Å²) in [5.74, 6) is -0.285. The monoisotopic (exact) mass is 226 g/mol. The minimum Gasteiger partial charge on any atom is -0.461 e. The molecule has 0 aliphatic carbocycles. The lowest BCUT2D eigenvalue weighted by molar-refractivity contribution is 0.0511. The van der Waals surface area contributed by atoms with Crippen LogP contribution in [0.25, 0.3) is 0 Å². The van der Waals surface area contributed by atoms with E-state index in [1.54, 1.807) is 11.6 Å². The van der Waals surface area contributed by atoms with Gasteiger partial charge in [0.15, 0.2) is 0 Å². The number of aryl methyl sites for hydroxylation is 2. The van der Waals surface area contributed by atoms with Gasteiger partial charge in [-0.2, -0.15) is 5.10 Å². The van der Waals surface area contributed by atoms with Gasteiger partial charge in [0.05, 0.1) is 12.3 Å². The number of rotatable bonds is 3. The Bertz CT molecular complexity index is 343. The van der Waals surface area contributed by atoms with Crippen LogP contribution in [0.1, 0.15) is 49.4 Å². The maximum atomic E-state index is 11.6. The van der Waals surface area contributed by atoms with Gasteiger partial charge >= 0.3 is 5.97 Å². The number of esters is 1. The fraction of sp³-hybridized carbons (Fsp3) is 0.667. The summed E-state index contributed by atoms with van der Waals surface area (Å²) in [6.07, 6.45) is 0. The third kappa shape index (κ3) is 3.08. The van der Waals surface area contributed by atoms with E-state index < -0.39 is 0 Å². The molecule has 16 heavy (non-hydrogen) atoms. The zero-order valence-corrected chi connectivity index (χ0v) is 11.1. The molecule has 0 aliphatic heterocycles. The van der Waals surface area contributed by atoms with Crippen molar-refractivity contribution in [2.45, 2.75) is 48.1 Å². The highest BCUT2D eigenvalue weighted by atomic mass is 16.5. The summed E-state index contributed by atoms with van der Waals surface area (Å²) in [5, 5.41) is 4.25. The minimum atomic E-state index is -0.285. The lowest BCUT2D eigenvalue weighted by atomic mass is 10.2. The second kappa shape index (κ2) is 7.04. The van der Waals surface area contributed by atoms with Crippen molar-refractivity contribution < 1.29 is 9.53 Å². The molecule has 0 aliphatic rings. The summed E-state index contributed by atoms with van der Waals surface area (Å²) in [5.41, 5.74) is 2.37. The standard InChI is InChI=1S/C10H16N2O2.C2H6/c1-5-12-9(10(13)14-6-2)7(3)8(4)11-12;1-2/h5-6H2,1-4H3;1-2H3. The Morgan fingerprint density at radius 1 is 1.31 bits per heavy atom. The van der Waals surface area contributed by atoms with Crippen molar-refractivity contribution in [1.29, 1.82) is 0 Å². The largest absolute Gasteiger partial charge is 0.461 e. The van der Waals surface area contributed by atoms with E-state index in [1.807, 2.05) is 34.6 Å². The average Bonchev–Trinajstić information content (AvgIpc) is 2.58. The van der Waals surface area contributed by atoms with Gasteiger partial charge in [0.25, 0.3) is 0 Å². The molecule has 1 aromatic heterocycles. The van der Waals surface area contributed by atoms with Crippen LogP contribution >= 0.6 is 0 Å². The molecule has 1 rings (SSSR count). The predicted molar refractivity (Wildman–Crippen MR) is 64.7 cm³/mol. The molecular weight excluding hydrogens is 204 g/mol. The van der Waals surface area contributed by atoms with E-state index in [1.165, 1.54) is 0 Å². The van der Waals surface area contributed by atoms with Crippen molar-refractivity contribution in [2.75, 3.05) is 6.61 Å². The molecule has 0 saturated heterocycles. The van der Waals surface area contributed by atoms with Crippen LogP contribution in [-0.4, -0.2) is 22.4 Å². The van der Waals surface area contributed by atoms with Crippen LogP contribution in [-0.2, 0) is 11.3 Å². The van der Waals surface area contributed by atoms with E-state index in [9.17, 15) is 4.79 Å². The number of nitrogens with zero attached hydrogens (tertiary/aromatic N) is 2. The second-order valence-electron chi connectivity index (χ2n) is 3.10. The van der Waals surface area contributed by atoms with E-state index in [0.29, 0.717) is 18.8 Å². The highest BCUT2D eigenvalue weighted by Crippen LogP contribution is 2.13. The number of ether oxygens (including phenoxy) is 1. The number of hydrogen-bond acceptors (Lipinski definition) is 3. The van der Waals surface area contributed by atoms with Gasteiger partial charge in [0.2, 0.25) is 0 Å². The maximum Gasteiger partial charge on any atom is 0.356 e. The molecule has 1 heterocycles. The SMILES string of the molecule is CC.CCOC(=O)c1c(C)c(C)nn1CC. The van der Waals surface area contributed by atoms with Crippen molar-refractivity contribution in [2.24, 2.45) is 0 Å². The molecule has 92 valence electrons.